The highest BCUT2D eigenvalue weighted by Gasteiger charge is 2.12. The van der Waals surface area contributed by atoms with Gasteiger partial charge in [-0.2, -0.15) is 0 Å². The van der Waals surface area contributed by atoms with Gasteiger partial charge in [-0.3, -0.25) is 4.79 Å². The highest BCUT2D eigenvalue weighted by Crippen LogP contribution is 2.08. The minimum atomic E-state index is -0.657. The Morgan fingerprint density at radius 1 is 1.54 bits per heavy atom. The molecule has 0 spiro atoms. The third kappa shape index (κ3) is 2.09. The van der Waals surface area contributed by atoms with E-state index in [4.69, 9.17) is 4.74 Å². The zero-order chi connectivity index (χ0) is 9.84. The van der Waals surface area contributed by atoms with Crippen LogP contribution in [0.2, 0.25) is 6.82 Å². The average molecular weight is 178 g/mol. The maximum atomic E-state index is 10.6. The molecule has 0 radical (unpaired) electrons. The van der Waals surface area contributed by atoms with Gasteiger partial charge in [0.2, 0.25) is 0 Å². The molecule has 1 N–H and O–H groups in total. The fourth-order valence-electron chi connectivity index (χ4n) is 1.15. The monoisotopic (exact) mass is 178 g/mol. The van der Waals surface area contributed by atoms with Gasteiger partial charge in [-0.25, -0.2) is 0 Å². The zero-order valence-electron chi connectivity index (χ0n) is 7.65. The van der Waals surface area contributed by atoms with Crippen molar-refractivity contribution in [3.63, 3.8) is 0 Å². The SMILES string of the molecule is COc1ccc(C=O)c(B(C)O)c1. The molecule has 0 amide bonds. The van der Waals surface area contributed by atoms with Crippen LogP contribution in [0.4, 0.5) is 0 Å². The van der Waals surface area contributed by atoms with Gasteiger partial charge < -0.3 is 9.76 Å². The highest BCUT2D eigenvalue weighted by atomic mass is 16.5. The van der Waals surface area contributed by atoms with Crippen molar-refractivity contribution in [1.82, 2.24) is 0 Å². The molecule has 1 aromatic carbocycles. The second kappa shape index (κ2) is 4.09. The minimum Gasteiger partial charge on any atom is -0.497 e. The molecule has 0 fully saturated rings. The molecule has 0 aliphatic carbocycles. The average Bonchev–Trinajstić information content (AvgIpc) is 2.16. The largest absolute Gasteiger partial charge is 0.497 e. The molecule has 0 aromatic heterocycles. The van der Waals surface area contributed by atoms with Crippen molar-refractivity contribution in [1.29, 1.82) is 0 Å². The summed E-state index contributed by atoms with van der Waals surface area (Å²) in [4.78, 5) is 10.6. The van der Waals surface area contributed by atoms with Gasteiger partial charge in [-0.15, -0.1) is 0 Å². The molecule has 0 unspecified atom stereocenters. The van der Waals surface area contributed by atoms with Crippen molar-refractivity contribution >= 4 is 18.7 Å². The Morgan fingerprint density at radius 3 is 2.69 bits per heavy atom. The van der Waals surface area contributed by atoms with Crippen LogP contribution in [0.1, 0.15) is 10.4 Å². The molecule has 68 valence electrons. The predicted octanol–water partition coefficient (Wildman–Crippen LogP) is 0.328. The lowest BCUT2D eigenvalue weighted by atomic mass is 9.62. The molecule has 3 nitrogen and oxygen atoms in total. The fourth-order valence-corrected chi connectivity index (χ4v) is 1.15. The van der Waals surface area contributed by atoms with Gasteiger partial charge in [0, 0.05) is 5.56 Å². The van der Waals surface area contributed by atoms with E-state index in [0.29, 0.717) is 16.8 Å². The molecular formula is C9H11BO3. The summed E-state index contributed by atoms with van der Waals surface area (Å²) >= 11 is 0. The van der Waals surface area contributed by atoms with E-state index >= 15 is 0 Å². The Hall–Kier alpha value is -1.29. The van der Waals surface area contributed by atoms with E-state index in [1.807, 2.05) is 0 Å². The van der Waals surface area contributed by atoms with Crippen molar-refractivity contribution in [2.24, 2.45) is 0 Å². The summed E-state index contributed by atoms with van der Waals surface area (Å²) in [7, 11) is 1.54. The van der Waals surface area contributed by atoms with E-state index in [0.717, 1.165) is 6.29 Å². The smallest absolute Gasteiger partial charge is 0.321 e. The number of carbonyl (C=O) groups excluding carboxylic acids is 1. The molecule has 0 atom stereocenters. The Bertz CT molecular complexity index is 310. The summed E-state index contributed by atoms with van der Waals surface area (Å²) in [5.74, 6) is 0.640. The van der Waals surface area contributed by atoms with Crippen LogP contribution >= 0.6 is 0 Å². The molecule has 0 saturated heterocycles. The molecule has 4 heteroatoms. The van der Waals surface area contributed by atoms with Crippen molar-refractivity contribution in [3.05, 3.63) is 23.8 Å². The molecule has 0 bridgehead atoms. The Balaban J connectivity index is 3.17. The van der Waals surface area contributed by atoms with Crippen LogP contribution in [0.25, 0.3) is 0 Å². The van der Waals surface area contributed by atoms with Crippen LogP contribution in [0.5, 0.6) is 5.75 Å². The second-order valence-corrected chi connectivity index (χ2v) is 2.79. The van der Waals surface area contributed by atoms with Gasteiger partial charge >= 0.3 is 6.92 Å². The van der Waals surface area contributed by atoms with Crippen LogP contribution < -0.4 is 10.2 Å². The van der Waals surface area contributed by atoms with Crippen LogP contribution in [-0.4, -0.2) is 25.3 Å². The maximum absolute atomic E-state index is 10.6. The summed E-state index contributed by atoms with van der Waals surface area (Å²) in [6, 6.07) is 4.98. The third-order valence-electron chi connectivity index (χ3n) is 1.87. The number of methoxy groups -OCH3 is 1. The van der Waals surface area contributed by atoms with Gasteiger partial charge in [-0.05, 0) is 23.7 Å². The number of rotatable bonds is 3. The van der Waals surface area contributed by atoms with Crippen molar-refractivity contribution in [2.45, 2.75) is 6.82 Å². The first-order valence-electron chi connectivity index (χ1n) is 4.00. The van der Waals surface area contributed by atoms with Crippen molar-refractivity contribution in [2.75, 3.05) is 7.11 Å². The number of hydrogen-bond acceptors (Lipinski definition) is 3. The Kier molecular flexibility index (Phi) is 3.09. The summed E-state index contributed by atoms with van der Waals surface area (Å²) in [5, 5.41) is 9.34. The second-order valence-electron chi connectivity index (χ2n) is 2.79. The number of hydrogen-bond donors (Lipinski definition) is 1. The Labute approximate surface area is 77.5 Å². The van der Waals surface area contributed by atoms with Crippen LogP contribution in [0, 0.1) is 0 Å². The normalized spacial score (nSPS) is 9.46. The lowest BCUT2D eigenvalue weighted by molar-refractivity contribution is 0.112. The lowest BCUT2D eigenvalue weighted by Crippen LogP contribution is -2.29. The van der Waals surface area contributed by atoms with E-state index in [1.54, 1.807) is 32.1 Å². The van der Waals surface area contributed by atoms with E-state index in [9.17, 15) is 9.82 Å². The first-order chi connectivity index (χ1) is 6.19. The highest BCUT2D eigenvalue weighted by molar-refractivity contribution is 6.66. The molecule has 0 aliphatic heterocycles. The lowest BCUT2D eigenvalue weighted by Gasteiger charge is -2.07. The topological polar surface area (TPSA) is 46.5 Å². The number of aldehydes is 1. The zero-order valence-corrected chi connectivity index (χ0v) is 7.65. The predicted molar refractivity (Wildman–Crippen MR) is 51.9 cm³/mol. The molecule has 0 heterocycles. The van der Waals surface area contributed by atoms with Crippen LogP contribution in [0.3, 0.4) is 0 Å². The van der Waals surface area contributed by atoms with Crippen LogP contribution in [0.15, 0.2) is 18.2 Å². The number of ether oxygens (including phenoxy) is 1. The first kappa shape index (κ1) is 9.80. The van der Waals surface area contributed by atoms with E-state index < -0.39 is 6.92 Å². The maximum Gasteiger partial charge on any atom is 0.321 e. The van der Waals surface area contributed by atoms with E-state index in [-0.39, 0.29) is 0 Å². The fraction of sp³-hybridized carbons (Fsp3) is 0.222. The summed E-state index contributed by atoms with van der Waals surface area (Å²) in [6.07, 6.45) is 0.724. The molecule has 1 aromatic rings. The van der Waals surface area contributed by atoms with E-state index in [2.05, 4.69) is 0 Å². The molecule has 1 rings (SSSR count). The molecule has 13 heavy (non-hydrogen) atoms. The van der Waals surface area contributed by atoms with Gasteiger partial charge in [0.15, 0.2) is 0 Å². The summed E-state index contributed by atoms with van der Waals surface area (Å²) in [6.45, 7) is 0.956. The van der Waals surface area contributed by atoms with Gasteiger partial charge in [0.05, 0.1) is 7.11 Å². The van der Waals surface area contributed by atoms with Crippen LogP contribution in [-0.2, 0) is 0 Å². The minimum absolute atomic E-state index is 0.496. The molecular weight excluding hydrogens is 167 g/mol. The van der Waals surface area contributed by atoms with Crippen molar-refractivity contribution in [3.8, 4) is 5.75 Å². The van der Waals surface area contributed by atoms with Gasteiger partial charge in [0.25, 0.3) is 0 Å². The van der Waals surface area contributed by atoms with E-state index in [1.165, 1.54) is 0 Å². The Morgan fingerprint density at radius 2 is 2.23 bits per heavy atom. The standard InChI is InChI=1S/C9H11BO3/c1-10(12)9-5-8(13-2)4-3-7(9)6-11/h3-6,12H,1-2H3. The summed E-state index contributed by atoms with van der Waals surface area (Å²) in [5.41, 5.74) is 1.09. The molecule has 0 saturated carbocycles. The van der Waals surface area contributed by atoms with Gasteiger partial charge in [0.1, 0.15) is 12.0 Å². The quantitative estimate of drug-likeness (QED) is 0.535. The third-order valence-corrected chi connectivity index (χ3v) is 1.87. The van der Waals surface area contributed by atoms with Crippen molar-refractivity contribution < 1.29 is 14.6 Å². The molecule has 0 aliphatic rings. The first-order valence-corrected chi connectivity index (χ1v) is 4.00. The number of benzene rings is 1. The summed E-state index contributed by atoms with van der Waals surface area (Å²) < 4.78 is 4.98. The van der Waals surface area contributed by atoms with Gasteiger partial charge in [-0.1, -0.05) is 6.82 Å². The number of carbonyl (C=O) groups is 1.